The van der Waals surface area contributed by atoms with Crippen molar-refractivity contribution in [2.45, 2.75) is 39.2 Å². The number of rotatable bonds is 10. The quantitative estimate of drug-likeness (QED) is 0.230. The van der Waals surface area contributed by atoms with E-state index in [1.54, 1.807) is 23.1 Å². The summed E-state index contributed by atoms with van der Waals surface area (Å²) in [5.74, 6) is -0.768. The van der Waals surface area contributed by atoms with Gasteiger partial charge in [0, 0.05) is 31.7 Å². The van der Waals surface area contributed by atoms with Crippen molar-refractivity contribution in [1.29, 1.82) is 0 Å². The minimum Gasteiger partial charge on any atom is -0.507 e. The van der Waals surface area contributed by atoms with Crippen LogP contribution in [0.4, 0.5) is 0 Å². The van der Waals surface area contributed by atoms with Gasteiger partial charge in [0.05, 0.1) is 31.4 Å². The number of amides is 1. The van der Waals surface area contributed by atoms with E-state index >= 15 is 0 Å². The third-order valence-electron chi connectivity index (χ3n) is 6.78. The molecule has 0 spiro atoms. The van der Waals surface area contributed by atoms with Gasteiger partial charge in [0.25, 0.3) is 11.7 Å². The van der Waals surface area contributed by atoms with Crippen LogP contribution in [0.3, 0.4) is 0 Å². The number of likely N-dealkylation sites (tertiary alicyclic amines) is 1. The zero-order valence-corrected chi connectivity index (χ0v) is 21.2. The first-order valence-corrected chi connectivity index (χ1v) is 12.9. The summed E-state index contributed by atoms with van der Waals surface area (Å²) in [5, 5.41) is 11.3. The summed E-state index contributed by atoms with van der Waals surface area (Å²) in [4.78, 5) is 30.4. The number of morpholine rings is 1. The van der Waals surface area contributed by atoms with Crippen LogP contribution in [-0.4, -0.2) is 72.6 Å². The Morgan fingerprint density at radius 3 is 2.53 bits per heavy atom. The number of carbonyl (C=O) groups is 2. The van der Waals surface area contributed by atoms with Crippen LogP contribution in [0.5, 0.6) is 5.75 Å². The topological polar surface area (TPSA) is 79.3 Å². The van der Waals surface area contributed by atoms with E-state index in [0.29, 0.717) is 24.5 Å². The third-order valence-corrected chi connectivity index (χ3v) is 6.78. The average Bonchev–Trinajstić information content (AvgIpc) is 3.15. The van der Waals surface area contributed by atoms with Crippen LogP contribution in [-0.2, 0) is 14.3 Å². The molecule has 7 nitrogen and oxygen atoms in total. The van der Waals surface area contributed by atoms with Crippen LogP contribution in [0.2, 0.25) is 0 Å². The summed E-state index contributed by atoms with van der Waals surface area (Å²) < 4.78 is 11.2. The molecule has 1 N–H and O–H groups in total. The Hall–Kier alpha value is -3.16. The molecule has 2 aliphatic rings. The van der Waals surface area contributed by atoms with Crippen LogP contribution in [0, 0.1) is 6.92 Å². The van der Waals surface area contributed by atoms with Crippen LogP contribution in [0.25, 0.3) is 5.76 Å². The molecular weight excluding hydrogens is 456 g/mol. The summed E-state index contributed by atoms with van der Waals surface area (Å²) in [6.07, 6.45) is 2.68. The first kappa shape index (κ1) is 25.9. The minimum atomic E-state index is -0.651. The van der Waals surface area contributed by atoms with Gasteiger partial charge < -0.3 is 19.5 Å². The van der Waals surface area contributed by atoms with Crippen molar-refractivity contribution in [3.63, 3.8) is 0 Å². The highest BCUT2D eigenvalue weighted by Gasteiger charge is 2.45. The predicted octanol–water partition coefficient (Wildman–Crippen LogP) is 4.32. The second-order valence-corrected chi connectivity index (χ2v) is 9.44. The van der Waals surface area contributed by atoms with Crippen molar-refractivity contribution in [3.8, 4) is 5.75 Å². The number of hydrogen-bond acceptors (Lipinski definition) is 6. The molecule has 0 aromatic heterocycles. The normalized spacial score (nSPS) is 20.2. The summed E-state index contributed by atoms with van der Waals surface area (Å²) in [6.45, 7) is 9.10. The highest BCUT2D eigenvalue weighted by atomic mass is 16.5. The smallest absolute Gasteiger partial charge is 0.295 e. The van der Waals surface area contributed by atoms with Crippen molar-refractivity contribution in [2.24, 2.45) is 0 Å². The highest BCUT2D eigenvalue weighted by molar-refractivity contribution is 6.46. The summed E-state index contributed by atoms with van der Waals surface area (Å²) in [7, 11) is 0. The molecule has 0 bridgehead atoms. The van der Waals surface area contributed by atoms with Crippen LogP contribution in [0.15, 0.2) is 54.1 Å². The van der Waals surface area contributed by atoms with E-state index in [1.165, 1.54) is 0 Å². The fourth-order valence-corrected chi connectivity index (χ4v) is 4.72. The molecule has 0 aliphatic carbocycles. The van der Waals surface area contributed by atoms with Gasteiger partial charge in [0.1, 0.15) is 11.5 Å². The molecule has 1 unspecified atom stereocenters. The summed E-state index contributed by atoms with van der Waals surface area (Å²) in [5.41, 5.74) is 2.48. The number of ketones is 1. The van der Waals surface area contributed by atoms with Gasteiger partial charge in [-0.3, -0.25) is 14.5 Å². The second-order valence-electron chi connectivity index (χ2n) is 9.44. The molecule has 2 heterocycles. The van der Waals surface area contributed by atoms with Gasteiger partial charge >= 0.3 is 0 Å². The van der Waals surface area contributed by atoms with E-state index in [-0.39, 0.29) is 11.3 Å². The van der Waals surface area contributed by atoms with Crippen molar-refractivity contribution >= 4 is 17.4 Å². The lowest BCUT2D eigenvalue weighted by Gasteiger charge is -2.29. The maximum Gasteiger partial charge on any atom is 0.295 e. The lowest BCUT2D eigenvalue weighted by molar-refractivity contribution is -0.140. The first-order chi connectivity index (χ1) is 17.5. The molecule has 7 heteroatoms. The molecule has 2 saturated heterocycles. The number of benzene rings is 2. The molecular formula is C29H36N2O5. The molecule has 1 atom stereocenters. The molecule has 2 fully saturated rings. The van der Waals surface area contributed by atoms with Gasteiger partial charge in [0.2, 0.25) is 0 Å². The van der Waals surface area contributed by atoms with Gasteiger partial charge in [-0.2, -0.15) is 0 Å². The van der Waals surface area contributed by atoms with E-state index in [2.05, 4.69) is 11.8 Å². The minimum absolute atomic E-state index is 0.126. The lowest BCUT2D eigenvalue weighted by Crippen LogP contribution is -2.38. The number of aryl methyl sites for hydroxylation is 1. The van der Waals surface area contributed by atoms with Gasteiger partial charge in [-0.25, -0.2) is 0 Å². The molecule has 0 radical (unpaired) electrons. The average molecular weight is 493 g/mol. The molecule has 2 aromatic rings. The van der Waals surface area contributed by atoms with Crippen molar-refractivity contribution < 1.29 is 24.2 Å². The van der Waals surface area contributed by atoms with E-state index in [1.807, 2.05) is 37.3 Å². The van der Waals surface area contributed by atoms with Crippen molar-refractivity contribution in [2.75, 3.05) is 46.0 Å². The van der Waals surface area contributed by atoms with Gasteiger partial charge in [-0.05, 0) is 37.5 Å². The van der Waals surface area contributed by atoms with Gasteiger partial charge in [0.15, 0.2) is 0 Å². The van der Waals surface area contributed by atoms with E-state index in [4.69, 9.17) is 9.47 Å². The Bertz CT molecular complexity index is 1090. The van der Waals surface area contributed by atoms with Crippen LogP contribution in [0.1, 0.15) is 48.9 Å². The fraction of sp³-hybridized carbons (Fsp3) is 0.448. The molecule has 192 valence electrons. The fourth-order valence-electron chi connectivity index (χ4n) is 4.72. The number of aliphatic hydroxyl groups is 1. The zero-order valence-electron chi connectivity index (χ0n) is 21.2. The summed E-state index contributed by atoms with van der Waals surface area (Å²) in [6, 6.07) is 14.2. The van der Waals surface area contributed by atoms with Crippen LogP contribution >= 0.6 is 0 Å². The second kappa shape index (κ2) is 12.2. The van der Waals surface area contributed by atoms with E-state index < -0.39 is 17.7 Å². The maximum atomic E-state index is 13.3. The number of hydrogen-bond donors (Lipinski definition) is 1. The monoisotopic (exact) mass is 492 g/mol. The number of aliphatic hydroxyl groups excluding tert-OH is 1. The molecule has 0 saturated carbocycles. The SMILES string of the molecule is CCCCOc1cccc(/C(O)=C2\C(=O)C(=O)N(CCCN3CCOCC3)C2c2ccc(C)cc2)c1. The van der Waals surface area contributed by atoms with Crippen molar-refractivity contribution in [1.82, 2.24) is 9.80 Å². The zero-order chi connectivity index (χ0) is 25.5. The Morgan fingerprint density at radius 1 is 1.06 bits per heavy atom. The highest BCUT2D eigenvalue weighted by Crippen LogP contribution is 2.40. The molecule has 2 aliphatic heterocycles. The Balaban J connectivity index is 1.64. The largest absolute Gasteiger partial charge is 0.507 e. The summed E-state index contributed by atoms with van der Waals surface area (Å²) >= 11 is 0. The number of carbonyl (C=O) groups excluding carboxylic acids is 2. The van der Waals surface area contributed by atoms with Gasteiger partial charge in [-0.1, -0.05) is 55.3 Å². The predicted molar refractivity (Wildman–Crippen MR) is 139 cm³/mol. The number of ether oxygens (including phenoxy) is 2. The Morgan fingerprint density at radius 2 is 1.81 bits per heavy atom. The van der Waals surface area contributed by atoms with Gasteiger partial charge in [-0.15, -0.1) is 0 Å². The number of Topliss-reactive ketones (excluding diaryl/α,β-unsaturated/α-hetero) is 1. The first-order valence-electron chi connectivity index (χ1n) is 12.9. The van der Waals surface area contributed by atoms with Crippen molar-refractivity contribution in [3.05, 3.63) is 70.8 Å². The molecule has 36 heavy (non-hydrogen) atoms. The third kappa shape index (κ3) is 5.97. The maximum absolute atomic E-state index is 13.3. The Kier molecular flexibility index (Phi) is 8.78. The molecule has 2 aromatic carbocycles. The lowest BCUT2D eigenvalue weighted by atomic mass is 9.94. The van der Waals surface area contributed by atoms with E-state index in [0.717, 1.165) is 63.2 Å². The molecule has 4 rings (SSSR count). The molecule has 1 amide bonds. The number of unbranched alkanes of at least 4 members (excludes halogenated alkanes) is 1. The standard InChI is InChI=1S/C29H36N2O5/c1-3-4-17-36-24-8-5-7-23(20-24)27(32)25-26(22-11-9-21(2)10-12-22)31(29(34)28(25)33)14-6-13-30-15-18-35-19-16-30/h5,7-12,20,26,32H,3-4,6,13-19H2,1-2H3/b27-25+. The number of nitrogens with zero attached hydrogens (tertiary/aromatic N) is 2. The Labute approximate surface area is 213 Å². The van der Waals surface area contributed by atoms with Crippen LogP contribution < -0.4 is 4.74 Å². The van der Waals surface area contributed by atoms with E-state index in [9.17, 15) is 14.7 Å².